The second-order valence-corrected chi connectivity index (χ2v) is 4.45. The Morgan fingerprint density at radius 1 is 1.41 bits per heavy atom. The molecule has 0 saturated heterocycles. The Morgan fingerprint density at radius 2 is 2.12 bits per heavy atom. The molecule has 4 N–H and O–H groups in total. The summed E-state index contributed by atoms with van der Waals surface area (Å²) >= 11 is 2.10. The van der Waals surface area contributed by atoms with Crippen molar-refractivity contribution in [1.29, 1.82) is 0 Å². The molecule has 1 aromatic rings. The van der Waals surface area contributed by atoms with Crippen molar-refractivity contribution in [2.45, 2.75) is 6.10 Å². The van der Waals surface area contributed by atoms with Gasteiger partial charge >= 0.3 is 12.0 Å². The van der Waals surface area contributed by atoms with Crippen LogP contribution < -0.4 is 10.6 Å². The molecule has 0 fully saturated rings. The van der Waals surface area contributed by atoms with Crippen molar-refractivity contribution >= 4 is 40.3 Å². The molecule has 0 saturated carbocycles. The van der Waals surface area contributed by atoms with Gasteiger partial charge in [-0.2, -0.15) is 0 Å². The smallest absolute Gasteiger partial charge is 0.334 e. The molecule has 0 aliphatic heterocycles. The third-order valence-corrected chi connectivity index (χ3v) is 2.49. The molecule has 0 radical (unpaired) electrons. The third-order valence-electron chi connectivity index (χ3n) is 1.82. The highest BCUT2D eigenvalue weighted by Gasteiger charge is 2.13. The highest BCUT2D eigenvalue weighted by atomic mass is 127. The van der Waals surface area contributed by atoms with Crippen molar-refractivity contribution in [2.75, 3.05) is 11.9 Å². The second kappa shape index (κ2) is 6.40. The van der Waals surface area contributed by atoms with Gasteiger partial charge in [-0.05, 0) is 40.8 Å². The first-order valence-corrected chi connectivity index (χ1v) is 5.78. The summed E-state index contributed by atoms with van der Waals surface area (Å²) in [6, 6.07) is 6.55. The summed E-state index contributed by atoms with van der Waals surface area (Å²) in [5.74, 6) is -1.38. The Bertz CT molecular complexity index is 425. The summed E-state index contributed by atoms with van der Waals surface area (Å²) in [7, 11) is 0. The topological polar surface area (TPSA) is 98.7 Å². The van der Waals surface area contributed by atoms with E-state index >= 15 is 0 Å². The number of urea groups is 1. The first-order valence-electron chi connectivity index (χ1n) is 4.70. The lowest BCUT2D eigenvalue weighted by molar-refractivity contribution is -0.146. The molecule has 92 valence electrons. The fourth-order valence-corrected chi connectivity index (χ4v) is 1.56. The summed E-state index contributed by atoms with van der Waals surface area (Å²) in [5, 5.41) is 22.1. The van der Waals surface area contributed by atoms with Crippen molar-refractivity contribution in [2.24, 2.45) is 0 Å². The van der Waals surface area contributed by atoms with E-state index in [1.807, 2.05) is 6.07 Å². The number of carboxylic acids is 1. The standard InChI is InChI=1S/C10H11IN2O4/c11-6-2-1-3-7(4-6)13-10(17)12-5-8(14)9(15)16/h1-4,8,14H,5H2,(H,15,16)(H2,12,13,17). The lowest BCUT2D eigenvalue weighted by Crippen LogP contribution is -2.38. The van der Waals surface area contributed by atoms with E-state index in [4.69, 9.17) is 10.2 Å². The number of halogens is 1. The fourth-order valence-electron chi connectivity index (χ4n) is 1.02. The second-order valence-electron chi connectivity index (χ2n) is 3.20. The number of aliphatic hydroxyl groups is 1. The summed E-state index contributed by atoms with van der Waals surface area (Å²) in [6.07, 6.45) is -1.60. The summed E-state index contributed by atoms with van der Waals surface area (Å²) in [5.41, 5.74) is 0.596. The molecule has 0 aromatic heterocycles. The predicted octanol–water partition coefficient (Wildman–Crippen LogP) is 0.858. The minimum absolute atomic E-state index is 0.342. The van der Waals surface area contributed by atoms with Gasteiger partial charge in [0.25, 0.3) is 0 Å². The van der Waals surface area contributed by atoms with E-state index in [0.29, 0.717) is 5.69 Å². The monoisotopic (exact) mass is 350 g/mol. The molecule has 1 unspecified atom stereocenters. The summed E-state index contributed by atoms with van der Waals surface area (Å²) in [6.45, 7) is -0.342. The van der Waals surface area contributed by atoms with Gasteiger partial charge in [0.2, 0.25) is 0 Å². The zero-order chi connectivity index (χ0) is 12.8. The third kappa shape index (κ3) is 5.00. The van der Waals surface area contributed by atoms with Crippen LogP contribution in [0.25, 0.3) is 0 Å². The van der Waals surface area contributed by atoms with Gasteiger partial charge in [-0.1, -0.05) is 6.07 Å². The molecular formula is C10H11IN2O4. The van der Waals surface area contributed by atoms with Crippen LogP contribution in [-0.2, 0) is 4.79 Å². The van der Waals surface area contributed by atoms with Crippen LogP contribution >= 0.6 is 22.6 Å². The van der Waals surface area contributed by atoms with E-state index in [1.165, 1.54) is 0 Å². The van der Waals surface area contributed by atoms with Crippen LogP contribution in [0.15, 0.2) is 24.3 Å². The maximum Gasteiger partial charge on any atom is 0.334 e. The zero-order valence-electron chi connectivity index (χ0n) is 8.68. The van der Waals surface area contributed by atoms with Crippen molar-refractivity contribution in [3.8, 4) is 0 Å². The van der Waals surface area contributed by atoms with E-state index < -0.39 is 18.1 Å². The van der Waals surface area contributed by atoms with Gasteiger partial charge in [0, 0.05) is 9.26 Å². The van der Waals surface area contributed by atoms with Gasteiger partial charge in [-0.3, -0.25) is 0 Å². The van der Waals surface area contributed by atoms with Crippen LogP contribution in [0.5, 0.6) is 0 Å². The predicted molar refractivity (Wildman–Crippen MR) is 69.8 cm³/mol. The van der Waals surface area contributed by atoms with Crippen LogP contribution in [0.4, 0.5) is 10.5 Å². The van der Waals surface area contributed by atoms with Crippen LogP contribution in [0.1, 0.15) is 0 Å². The van der Waals surface area contributed by atoms with Crippen LogP contribution in [0.3, 0.4) is 0 Å². The van der Waals surface area contributed by atoms with Crippen LogP contribution in [0, 0.1) is 3.57 Å². The Balaban J connectivity index is 2.42. The van der Waals surface area contributed by atoms with Gasteiger partial charge in [0.1, 0.15) is 0 Å². The number of carboxylic acid groups (broad SMARTS) is 1. The quantitative estimate of drug-likeness (QED) is 0.606. The largest absolute Gasteiger partial charge is 0.479 e. The van der Waals surface area contributed by atoms with Crippen molar-refractivity contribution in [3.05, 3.63) is 27.8 Å². The minimum atomic E-state index is -1.60. The van der Waals surface area contributed by atoms with Crippen molar-refractivity contribution < 1.29 is 19.8 Å². The number of nitrogens with one attached hydrogen (secondary N) is 2. The number of carbonyl (C=O) groups excluding carboxylic acids is 1. The summed E-state index contributed by atoms with van der Waals surface area (Å²) in [4.78, 5) is 21.6. The average molecular weight is 350 g/mol. The van der Waals surface area contributed by atoms with E-state index in [1.54, 1.807) is 18.2 Å². The Kier molecular flexibility index (Phi) is 5.16. The maximum atomic E-state index is 11.3. The molecule has 1 rings (SSSR count). The number of rotatable bonds is 4. The van der Waals surface area contributed by atoms with E-state index in [0.717, 1.165) is 3.57 Å². The molecule has 0 aliphatic carbocycles. The average Bonchev–Trinajstić information content (AvgIpc) is 2.25. The SMILES string of the molecule is O=C(NCC(O)C(=O)O)Nc1cccc(I)c1. The minimum Gasteiger partial charge on any atom is -0.479 e. The first-order chi connectivity index (χ1) is 7.99. The molecule has 0 bridgehead atoms. The lowest BCUT2D eigenvalue weighted by Gasteiger charge is -2.09. The molecule has 6 nitrogen and oxygen atoms in total. The highest BCUT2D eigenvalue weighted by Crippen LogP contribution is 2.11. The number of amides is 2. The Hall–Kier alpha value is -1.35. The number of aliphatic carboxylic acids is 1. The molecule has 7 heteroatoms. The Labute approximate surface area is 111 Å². The lowest BCUT2D eigenvalue weighted by atomic mass is 10.3. The number of anilines is 1. The van der Waals surface area contributed by atoms with Gasteiger partial charge < -0.3 is 20.8 Å². The molecule has 0 aliphatic rings. The number of hydrogen-bond donors (Lipinski definition) is 4. The summed E-state index contributed by atoms with van der Waals surface area (Å²) < 4.78 is 0.964. The number of benzene rings is 1. The molecule has 2 amide bonds. The van der Waals surface area contributed by atoms with Crippen LogP contribution in [-0.4, -0.2) is 34.9 Å². The number of aliphatic hydroxyl groups excluding tert-OH is 1. The Morgan fingerprint density at radius 3 is 2.71 bits per heavy atom. The van der Waals surface area contributed by atoms with Gasteiger partial charge in [-0.25, -0.2) is 9.59 Å². The van der Waals surface area contributed by atoms with Gasteiger partial charge in [0.15, 0.2) is 6.10 Å². The molecule has 1 atom stereocenters. The zero-order valence-corrected chi connectivity index (χ0v) is 10.8. The molecule has 17 heavy (non-hydrogen) atoms. The highest BCUT2D eigenvalue weighted by molar-refractivity contribution is 14.1. The molecule has 0 spiro atoms. The van der Waals surface area contributed by atoms with E-state index in [2.05, 4.69) is 33.2 Å². The number of carbonyl (C=O) groups is 2. The molecule has 1 aromatic carbocycles. The van der Waals surface area contributed by atoms with Crippen LogP contribution in [0.2, 0.25) is 0 Å². The normalized spacial score (nSPS) is 11.6. The van der Waals surface area contributed by atoms with Gasteiger partial charge in [0.05, 0.1) is 6.54 Å². The fraction of sp³-hybridized carbons (Fsp3) is 0.200. The van der Waals surface area contributed by atoms with Crippen molar-refractivity contribution in [3.63, 3.8) is 0 Å². The van der Waals surface area contributed by atoms with Crippen molar-refractivity contribution in [1.82, 2.24) is 5.32 Å². The number of hydrogen-bond acceptors (Lipinski definition) is 3. The maximum absolute atomic E-state index is 11.3. The van der Waals surface area contributed by atoms with E-state index in [9.17, 15) is 9.59 Å². The van der Waals surface area contributed by atoms with E-state index in [-0.39, 0.29) is 6.54 Å². The molecular weight excluding hydrogens is 339 g/mol. The molecule has 0 heterocycles. The van der Waals surface area contributed by atoms with Gasteiger partial charge in [-0.15, -0.1) is 0 Å². The first kappa shape index (κ1) is 13.7.